The van der Waals surface area contributed by atoms with E-state index in [1.54, 1.807) is 0 Å². The minimum atomic E-state index is -0.908. The van der Waals surface area contributed by atoms with Gasteiger partial charge >= 0.3 is 5.97 Å². The maximum absolute atomic E-state index is 11.9. The number of carbonyl (C=O) groups excluding carboxylic acids is 1. The van der Waals surface area contributed by atoms with Crippen LogP contribution in [0.2, 0.25) is 0 Å². The quantitative estimate of drug-likeness (QED) is 0.790. The Hall–Kier alpha value is -1.10. The Morgan fingerprint density at radius 2 is 1.89 bits per heavy atom. The highest BCUT2D eigenvalue weighted by Gasteiger charge is 2.33. The van der Waals surface area contributed by atoms with Crippen LogP contribution in [-0.2, 0) is 14.3 Å². The number of rotatable bonds is 4. The highest BCUT2D eigenvalue weighted by Crippen LogP contribution is 2.27. The van der Waals surface area contributed by atoms with Gasteiger partial charge in [-0.05, 0) is 25.2 Å². The second-order valence-electron chi connectivity index (χ2n) is 5.28. The largest absolute Gasteiger partial charge is 0.480 e. The van der Waals surface area contributed by atoms with E-state index in [1.165, 1.54) is 6.42 Å². The molecule has 0 bridgehead atoms. The summed E-state index contributed by atoms with van der Waals surface area (Å²) in [7, 11) is 0. The molecule has 1 aliphatic carbocycles. The fourth-order valence-electron chi connectivity index (χ4n) is 2.86. The normalized spacial score (nSPS) is 26.8. The van der Waals surface area contributed by atoms with Crippen LogP contribution in [0.25, 0.3) is 0 Å². The smallest absolute Gasteiger partial charge is 0.326 e. The van der Waals surface area contributed by atoms with E-state index in [0.717, 1.165) is 25.7 Å². The van der Waals surface area contributed by atoms with E-state index in [4.69, 9.17) is 4.74 Å². The molecule has 0 spiro atoms. The van der Waals surface area contributed by atoms with Crippen molar-refractivity contribution in [3.8, 4) is 0 Å². The van der Waals surface area contributed by atoms with Gasteiger partial charge in [-0.15, -0.1) is 0 Å². The Kier molecular flexibility index (Phi) is 4.58. The first-order valence-corrected chi connectivity index (χ1v) is 6.79. The third-order valence-electron chi connectivity index (χ3n) is 3.99. The number of amides is 1. The van der Waals surface area contributed by atoms with Crippen molar-refractivity contribution < 1.29 is 19.4 Å². The van der Waals surface area contributed by atoms with E-state index in [0.29, 0.717) is 19.6 Å². The summed E-state index contributed by atoms with van der Waals surface area (Å²) in [6.07, 6.45) is 5.81. The van der Waals surface area contributed by atoms with Crippen LogP contribution in [0.3, 0.4) is 0 Å². The first-order valence-electron chi connectivity index (χ1n) is 6.79. The van der Waals surface area contributed by atoms with Gasteiger partial charge in [0.25, 0.3) is 0 Å². The van der Waals surface area contributed by atoms with Crippen molar-refractivity contribution in [1.82, 2.24) is 5.32 Å². The van der Waals surface area contributed by atoms with Gasteiger partial charge in [-0.1, -0.05) is 19.3 Å². The third-order valence-corrected chi connectivity index (χ3v) is 3.99. The molecule has 1 aliphatic heterocycles. The molecular formula is C13H21NO4. The summed E-state index contributed by atoms with van der Waals surface area (Å²) in [4.78, 5) is 23.3. The van der Waals surface area contributed by atoms with Crippen molar-refractivity contribution in [2.45, 2.75) is 44.6 Å². The molecule has 0 radical (unpaired) electrons. The van der Waals surface area contributed by atoms with Crippen LogP contribution in [0.5, 0.6) is 0 Å². The van der Waals surface area contributed by atoms with E-state index >= 15 is 0 Å². The van der Waals surface area contributed by atoms with Gasteiger partial charge in [0.1, 0.15) is 6.04 Å². The van der Waals surface area contributed by atoms with Gasteiger partial charge in [0.2, 0.25) is 5.91 Å². The lowest BCUT2D eigenvalue weighted by Gasteiger charge is -2.28. The van der Waals surface area contributed by atoms with Crippen LogP contribution in [0.1, 0.15) is 38.5 Å². The van der Waals surface area contributed by atoms with E-state index in [2.05, 4.69) is 5.32 Å². The zero-order valence-electron chi connectivity index (χ0n) is 10.6. The van der Waals surface area contributed by atoms with E-state index in [-0.39, 0.29) is 17.7 Å². The van der Waals surface area contributed by atoms with Gasteiger partial charge < -0.3 is 15.2 Å². The Bertz CT molecular complexity index is 306. The molecule has 1 saturated carbocycles. The molecule has 18 heavy (non-hydrogen) atoms. The summed E-state index contributed by atoms with van der Waals surface area (Å²) in [5, 5.41) is 12.0. The van der Waals surface area contributed by atoms with Crippen molar-refractivity contribution in [3.63, 3.8) is 0 Å². The van der Waals surface area contributed by atoms with E-state index in [1.807, 2.05) is 0 Å². The molecule has 0 aromatic heterocycles. The second kappa shape index (κ2) is 6.18. The molecule has 0 unspecified atom stereocenters. The Morgan fingerprint density at radius 3 is 2.44 bits per heavy atom. The number of hydrogen-bond donors (Lipinski definition) is 2. The van der Waals surface area contributed by atoms with Gasteiger partial charge in [-0.25, -0.2) is 4.79 Å². The van der Waals surface area contributed by atoms with Crippen LogP contribution in [0.15, 0.2) is 0 Å². The predicted octanol–water partition coefficient (Wildman–Crippen LogP) is 1.17. The number of hydrogen-bond acceptors (Lipinski definition) is 3. The topological polar surface area (TPSA) is 75.6 Å². The van der Waals surface area contributed by atoms with Crippen LogP contribution < -0.4 is 5.32 Å². The molecule has 2 fully saturated rings. The monoisotopic (exact) mass is 255 g/mol. The highest BCUT2D eigenvalue weighted by molar-refractivity contribution is 5.85. The summed E-state index contributed by atoms with van der Waals surface area (Å²) >= 11 is 0. The van der Waals surface area contributed by atoms with Crippen LogP contribution in [0.4, 0.5) is 0 Å². The van der Waals surface area contributed by atoms with Crippen molar-refractivity contribution in [1.29, 1.82) is 0 Å². The molecule has 1 saturated heterocycles. The predicted molar refractivity (Wildman–Crippen MR) is 65.1 cm³/mol. The van der Waals surface area contributed by atoms with Crippen LogP contribution in [0, 0.1) is 11.8 Å². The fourth-order valence-corrected chi connectivity index (χ4v) is 2.86. The minimum absolute atomic E-state index is 0.0857. The minimum Gasteiger partial charge on any atom is -0.480 e. The molecule has 2 aliphatic rings. The average molecular weight is 255 g/mol. The summed E-state index contributed by atoms with van der Waals surface area (Å²) < 4.78 is 5.16. The number of carbonyl (C=O) groups is 2. The zero-order chi connectivity index (χ0) is 13.0. The molecule has 0 aromatic carbocycles. The summed E-state index contributed by atoms with van der Waals surface area (Å²) in [6, 6.07) is -0.724. The van der Waals surface area contributed by atoms with Crippen molar-refractivity contribution in [2.75, 3.05) is 13.2 Å². The van der Waals surface area contributed by atoms with Crippen LogP contribution >= 0.6 is 0 Å². The summed E-state index contributed by atoms with van der Waals surface area (Å²) in [5.74, 6) is -1.15. The van der Waals surface area contributed by atoms with Gasteiger partial charge in [0.05, 0.1) is 12.5 Å². The average Bonchev–Trinajstić information content (AvgIpc) is 2.90. The van der Waals surface area contributed by atoms with E-state index < -0.39 is 12.0 Å². The Labute approximate surface area is 107 Å². The van der Waals surface area contributed by atoms with Gasteiger partial charge in [0.15, 0.2) is 0 Å². The lowest BCUT2D eigenvalue weighted by Crippen LogP contribution is -2.48. The number of aliphatic carboxylic acids is 1. The van der Waals surface area contributed by atoms with Crippen molar-refractivity contribution in [3.05, 3.63) is 0 Å². The maximum Gasteiger partial charge on any atom is 0.326 e. The molecule has 102 valence electrons. The van der Waals surface area contributed by atoms with Crippen molar-refractivity contribution in [2.24, 2.45) is 11.8 Å². The van der Waals surface area contributed by atoms with Gasteiger partial charge in [-0.2, -0.15) is 0 Å². The molecule has 2 N–H and O–H groups in total. The Morgan fingerprint density at radius 1 is 1.17 bits per heavy atom. The third kappa shape index (κ3) is 3.22. The number of ether oxygens (including phenoxy) is 1. The standard InChI is InChI=1S/C13H21NO4/c15-12(10-6-7-18-8-10)14-11(13(16)17)9-4-2-1-3-5-9/h9-11H,1-8H2,(H,14,15)(H,16,17)/t10-,11-/m0/s1. The Balaban J connectivity index is 1.92. The highest BCUT2D eigenvalue weighted by atomic mass is 16.5. The molecule has 2 rings (SSSR count). The zero-order valence-corrected chi connectivity index (χ0v) is 10.6. The SMILES string of the molecule is O=C(N[C@H](C(=O)O)C1CCCCC1)[C@H]1CCOC1. The maximum atomic E-state index is 11.9. The van der Waals surface area contributed by atoms with Crippen molar-refractivity contribution >= 4 is 11.9 Å². The molecule has 2 atom stereocenters. The molecule has 5 nitrogen and oxygen atoms in total. The molecule has 1 amide bonds. The molecule has 1 heterocycles. The first kappa shape index (κ1) is 13.3. The molecule has 0 aromatic rings. The lowest BCUT2D eigenvalue weighted by molar-refractivity contribution is -0.144. The fraction of sp³-hybridized carbons (Fsp3) is 0.846. The van der Waals surface area contributed by atoms with Gasteiger partial charge in [0, 0.05) is 6.61 Å². The van der Waals surface area contributed by atoms with Gasteiger partial charge in [-0.3, -0.25) is 4.79 Å². The van der Waals surface area contributed by atoms with E-state index in [9.17, 15) is 14.7 Å². The molecular weight excluding hydrogens is 234 g/mol. The first-order chi connectivity index (χ1) is 8.68. The lowest BCUT2D eigenvalue weighted by atomic mass is 9.83. The summed E-state index contributed by atoms with van der Waals surface area (Å²) in [6.45, 7) is 1.02. The number of carboxylic acid groups (broad SMARTS) is 1. The van der Waals surface area contributed by atoms with Crippen LogP contribution in [-0.4, -0.2) is 36.2 Å². The molecule has 5 heteroatoms. The summed E-state index contributed by atoms with van der Waals surface area (Å²) in [5.41, 5.74) is 0. The number of carboxylic acids is 1. The second-order valence-corrected chi connectivity index (χ2v) is 5.28. The number of nitrogens with one attached hydrogen (secondary N) is 1.